The number of hydrogen-bond donors (Lipinski definition) is 1. The molecule has 0 radical (unpaired) electrons. The molecule has 0 aromatic heterocycles. The van der Waals surface area contributed by atoms with E-state index < -0.39 is 53.1 Å². The number of rotatable bonds is 3. The zero-order chi connectivity index (χ0) is 26.8. The van der Waals surface area contributed by atoms with Crippen LogP contribution in [-0.2, 0) is 23.9 Å². The minimum Gasteiger partial charge on any atom is -0.507 e. The van der Waals surface area contributed by atoms with E-state index in [1.165, 1.54) is 26.4 Å². The lowest BCUT2D eigenvalue weighted by Gasteiger charge is -2.42. The van der Waals surface area contributed by atoms with Crippen LogP contribution in [0.25, 0.3) is 0 Å². The quantitative estimate of drug-likeness (QED) is 0.329. The number of benzene rings is 1. The topological polar surface area (TPSA) is 137 Å². The number of phenols is 1. The van der Waals surface area contributed by atoms with Crippen LogP contribution in [0.1, 0.15) is 24.3 Å². The van der Waals surface area contributed by atoms with E-state index >= 15 is 0 Å². The molecule has 0 saturated carbocycles. The number of ether oxygens (including phenoxy) is 3. The van der Waals surface area contributed by atoms with Gasteiger partial charge < -0.3 is 19.3 Å². The highest BCUT2D eigenvalue weighted by Gasteiger charge is 2.58. The molecule has 1 fully saturated rings. The fourth-order valence-corrected chi connectivity index (χ4v) is 6.42. The molecule has 1 heterocycles. The molecule has 0 bridgehead atoms. The van der Waals surface area contributed by atoms with E-state index in [1.807, 2.05) is 0 Å². The van der Waals surface area contributed by atoms with Crippen LogP contribution >= 0.6 is 15.9 Å². The van der Waals surface area contributed by atoms with Crippen molar-refractivity contribution in [1.29, 1.82) is 0 Å². The van der Waals surface area contributed by atoms with Crippen LogP contribution in [-0.4, -0.2) is 60.8 Å². The number of phenolic OH excluding ortho intramolecular Hbond substituents is 1. The van der Waals surface area contributed by atoms with Crippen molar-refractivity contribution in [2.45, 2.75) is 18.8 Å². The van der Waals surface area contributed by atoms with E-state index in [1.54, 1.807) is 12.1 Å². The Labute approximate surface area is 219 Å². The van der Waals surface area contributed by atoms with Crippen LogP contribution in [0.3, 0.4) is 0 Å². The second kappa shape index (κ2) is 8.98. The van der Waals surface area contributed by atoms with E-state index in [0.29, 0.717) is 16.2 Å². The van der Waals surface area contributed by atoms with Crippen molar-refractivity contribution in [3.8, 4) is 17.2 Å². The van der Waals surface area contributed by atoms with Gasteiger partial charge >= 0.3 is 6.09 Å². The average Bonchev–Trinajstić information content (AvgIpc) is 3.15. The van der Waals surface area contributed by atoms with E-state index in [2.05, 4.69) is 20.7 Å². The summed E-state index contributed by atoms with van der Waals surface area (Å²) in [5, 5.41) is 11.1. The van der Waals surface area contributed by atoms with Crippen LogP contribution in [0.5, 0.6) is 17.2 Å². The molecular weight excluding hydrogens is 550 g/mol. The number of carbonyl (C=O) groups is 5. The fourth-order valence-electron chi connectivity index (χ4n) is 5.97. The van der Waals surface area contributed by atoms with Gasteiger partial charge in [-0.2, -0.15) is 4.90 Å². The summed E-state index contributed by atoms with van der Waals surface area (Å²) in [6, 6.07) is 2.92. The Morgan fingerprint density at radius 3 is 2.43 bits per heavy atom. The molecule has 1 aromatic rings. The lowest BCUT2D eigenvalue weighted by Crippen LogP contribution is -2.40. The molecule has 5 rings (SSSR count). The Hall–Kier alpha value is -3.73. The maximum absolute atomic E-state index is 13.4. The predicted molar refractivity (Wildman–Crippen MR) is 130 cm³/mol. The number of Topliss-reactive ketones (excluding diaryl/α,β-unsaturated/α-hetero) is 1. The Morgan fingerprint density at radius 1 is 1.05 bits per heavy atom. The third-order valence-corrected chi connectivity index (χ3v) is 8.12. The number of nitrogens with zero attached hydrogens (tertiary/aromatic N) is 1. The van der Waals surface area contributed by atoms with Gasteiger partial charge in [-0.3, -0.25) is 19.2 Å². The number of allylic oxidation sites excluding steroid dienone is 6. The van der Waals surface area contributed by atoms with Gasteiger partial charge in [0.05, 0.1) is 37.6 Å². The van der Waals surface area contributed by atoms with Crippen LogP contribution < -0.4 is 9.47 Å². The van der Waals surface area contributed by atoms with Gasteiger partial charge in [0, 0.05) is 40.8 Å². The van der Waals surface area contributed by atoms with Crippen molar-refractivity contribution in [2.24, 2.45) is 17.8 Å². The number of imide groups is 3. The number of methoxy groups -OCH3 is 3. The summed E-state index contributed by atoms with van der Waals surface area (Å²) in [5.41, 5.74) is 1.19. The lowest BCUT2D eigenvalue weighted by atomic mass is 9.59. The highest BCUT2D eigenvalue weighted by Crippen LogP contribution is 2.58. The van der Waals surface area contributed by atoms with Crippen molar-refractivity contribution in [1.82, 2.24) is 4.90 Å². The molecule has 4 unspecified atom stereocenters. The van der Waals surface area contributed by atoms with Crippen molar-refractivity contribution in [3.05, 3.63) is 51.0 Å². The third kappa shape index (κ3) is 3.55. The number of hydrogen-bond acceptors (Lipinski definition) is 9. The lowest BCUT2D eigenvalue weighted by molar-refractivity contribution is -0.137. The number of fused-ring (bicyclic) bond motifs is 3. The van der Waals surface area contributed by atoms with Gasteiger partial charge in [-0.05, 0) is 34.7 Å². The van der Waals surface area contributed by atoms with Crippen LogP contribution in [0.15, 0.2) is 45.5 Å². The van der Waals surface area contributed by atoms with Crippen LogP contribution in [0.4, 0.5) is 4.79 Å². The first-order valence-electron chi connectivity index (χ1n) is 11.4. The summed E-state index contributed by atoms with van der Waals surface area (Å²) >= 11 is 3.16. The average molecular weight is 572 g/mol. The number of halogens is 1. The van der Waals surface area contributed by atoms with Crippen molar-refractivity contribution in [3.63, 3.8) is 0 Å². The molecule has 11 heteroatoms. The number of ketones is 2. The summed E-state index contributed by atoms with van der Waals surface area (Å²) in [7, 11) is 3.91. The molecule has 0 spiro atoms. The fraction of sp³-hybridized carbons (Fsp3) is 0.346. The Bertz CT molecular complexity index is 1390. The van der Waals surface area contributed by atoms with Crippen molar-refractivity contribution < 1.29 is 43.3 Å². The number of likely N-dealkylation sites (tertiary alicyclic amines) is 1. The molecule has 1 saturated heterocycles. The molecule has 1 aliphatic heterocycles. The predicted octanol–water partition coefficient (Wildman–Crippen LogP) is 2.94. The molecule has 4 atom stereocenters. The molecule has 37 heavy (non-hydrogen) atoms. The number of carbonyl (C=O) groups excluding carboxylic acids is 5. The van der Waals surface area contributed by atoms with E-state index in [4.69, 9.17) is 9.47 Å². The Morgan fingerprint density at radius 2 is 1.78 bits per heavy atom. The summed E-state index contributed by atoms with van der Waals surface area (Å²) < 4.78 is 15.5. The largest absolute Gasteiger partial charge is 0.507 e. The summed E-state index contributed by atoms with van der Waals surface area (Å²) in [6.07, 6.45) is 2.04. The van der Waals surface area contributed by atoms with Gasteiger partial charge in [0.2, 0.25) is 11.8 Å². The smallest absolute Gasteiger partial charge is 0.423 e. The van der Waals surface area contributed by atoms with Crippen molar-refractivity contribution in [2.75, 3.05) is 21.3 Å². The van der Waals surface area contributed by atoms with Gasteiger partial charge in [0.25, 0.3) is 0 Å². The first kappa shape index (κ1) is 24.9. The second-order valence-electron chi connectivity index (χ2n) is 9.14. The molecule has 1 aromatic carbocycles. The molecule has 192 valence electrons. The molecule has 3 amide bonds. The maximum atomic E-state index is 13.4. The zero-order valence-corrected chi connectivity index (χ0v) is 21.7. The van der Waals surface area contributed by atoms with E-state index in [9.17, 15) is 29.1 Å². The van der Waals surface area contributed by atoms with Gasteiger partial charge in [-0.15, -0.1) is 0 Å². The third-order valence-electron chi connectivity index (χ3n) is 7.53. The van der Waals surface area contributed by atoms with Gasteiger partial charge in [-0.1, -0.05) is 11.6 Å². The highest BCUT2D eigenvalue weighted by atomic mass is 79.9. The van der Waals surface area contributed by atoms with E-state index in [-0.39, 0.29) is 45.5 Å². The SMILES string of the molecule is COC(=O)N1C(=O)C2CC=C3C(c4c(O)cc(OC)cc4OC)C4=C(CC3C2C1=O)C(=O)C(Br)=CC4=O. The molecule has 4 aliphatic rings. The Balaban J connectivity index is 1.73. The maximum Gasteiger partial charge on any atom is 0.423 e. The summed E-state index contributed by atoms with van der Waals surface area (Å²) in [6.45, 7) is 0. The normalized spacial score (nSPS) is 26.8. The number of aromatic hydroxyl groups is 1. The molecule has 3 aliphatic carbocycles. The molecular formula is C26H22BrNO9. The standard InChI is InChI=1S/C26H22BrNO9/c1-35-10-6-16(29)22(18(7-10)36-2)21-11-4-5-12-19(25(33)28(24(12)32)26(34)37-3)13(11)8-14-20(21)17(30)9-15(27)23(14)31/h4,6-7,9,12-13,19,21,29H,5,8H2,1-3H3. The van der Waals surface area contributed by atoms with Crippen LogP contribution in [0, 0.1) is 17.8 Å². The first-order valence-corrected chi connectivity index (χ1v) is 12.2. The van der Waals surface area contributed by atoms with Gasteiger partial charge in [-0.25, -0.2) is 4.79 Å². The monoisotopic (exact) mass is 571 g/mol. The summed E-state index contributed by atoms with van der Waals surface area (Å²) in [5.74, 6) is -5.28. The zero-order valence-electron chi connectivity index (χ0n) is 20.1. The van der Waals surface area contributed by atoms with Crippen molar-refractivity contribution >= 4 is 45.4 Å². The first-order chi connectivity index (χ1) is 17.6. The van der Waals surface area contributed by atoms with Crippen LogP contribution in [0.2, 0.25) is 0 Å². The minimum atomic E-state index is -1.07. The number of amides is 3. The molecule has 1 N–H and O–H groups in total. The van der Waals surface area contributed by atoms with E-state index in [0.717, 1.165) is 7.11 Å². The molecule has 10 nitrogen and oxygen atoms in total. The highest BCUT2D eigenvalue weighted by molar-refractivity contribution is 9.12. The minimum absolute atomic E-state index is 0.0135. The Kier molecular flexibility index (Phi) is 6.06. The van der Waals surface area contributed by atoms with Gasteiger partial charge in [0.15, 0.2) is 11.6 Å². The van der Waals surface area contributed by atoms with Gasteiger partial charge in [0.1, 0.15) is 17.2 Å². The second-order valence-corrected chi connectivity index (χ2v) is 9.99. The summed E-state index contributed by atoms with van der Waals surface area (Å²) in [4.78, 5) is 65.7.